The summed E-state index contributed by atoms with van der Waals surface area (Å²) in [6.45, 7) is 6.77. The number of fused-ring (bicyclic) bond motifs is 4. The van der Waals surface area contributed by atoms with Crippen LogP contribution in [0.15, 0.2) is 18.2 Å². The van der Waals surface area contributed by atoms with Crippen LogP contribution in [-0.2, 0) is 17.7 Å². The number of hydrogen-bond acceptors (Lipinski definition) is 12. The van der Waals surface area contributed by atoms with Crippen molar-refractivity contribution < 1.29 is 32.2 Å². The maximum Gasteiger partial charge on any atom is 0.412 e. The number of carbonyl (C=O) groups is 2. The molecule has 58 heavy (non-hydrogen) atoms. The SMILES string of the molecule is CN(C)C(=O)n1nc2c(n1)CN(c1nc(OC[C@@]34CCCN3C[C@H](F)C4)nc3c(F)c(-c4ccc(F)c5sc(NC(=O)OC(C)(C)C)c(C#N)c45)c(Cl)cc13)CCC2. The molecule has 3 aliphatic rings. The highest BCUT2D eigenvalue weighted by molar-refractivity contribution is 7.23. The van der Waals surface area contributed by atoms with Gasteiger partial charge in [-0.15, -0.1) is 21.5 Å². The summed E-state index contributed by atoms with van der Waals surface area (Å²) in [5.41, 5.74) is -0.548. The minimum atomic E-state index is -0.999. The van der Waals surface area contributed by atoms with Crippen LogP contribution in [0.2, 0.25) is 5.02 Å². The molecule has 0 radical (unpaired) electrons. The molecule has 1 N–H and O–H groups in total. The van der Waals surface area contributed by atoms with Gasteiger partial charge in [0, 0.05) is 49.9 Å². The van der Waals surface area contributed by atoms with Gasteiger partial charge in [0.15, 0.2) is 5.82 Å². The van der Waals surface area contributed by atoms with Crippen LogP contribution in [0, 0.1) is 23.0 Å². The van der Waals surface area contributed by atoms with Crippen molar-refractivity contribution in [3.63, 3.8) is 0 Å². The molecule has 2 atom stereocenters. The number of thiophene rings is 1. The Labute approximate surface area is 340 Å². The third-order valence-electron chi connectivity index (χ3n) is 10.7. The minimum absolute atomic E-state index is 0.00709. The van der Waals surface area contributed by atoms with Crippen LogP contribution in [0.1, 0.15) is 63.4 Å². The molecule has 8 rings (SSSR count). The highest BCUT2D eigenvalue weighted by Gasteiger charge is 2.49. The van der Waals surface area contributed by atoms with Gasteiger partial charge in [-0.25, -0.2) is 22.8 Å². The smallest absolute Gasteiger partial charge is 0.412 e. The van der Waals surface area contributed by atoms with Gasteiger partial charge in [0.05, 0.1) is 33.1 Å². The first-order valence-corrected chi connectivity index (χ1v) is 20.0. The van der Waals surface area contributed by atoms with Crippen molar-refractivity contribution in [1.29, 1.82) is 5.26 Å². The Morgan fingerprint density at radius 1 is 1.16 bits per heavy atom. The molecule has 14 nitrogen and oxygen atoms in total. The molecule has 0 aliphatic carbocycles. The first kappa shape index (κ1) is 39.6. The standard InChI is InChI=1S/C39H40ClF3N10O4S/c1-38(2,3)57-36(54)47-34-23(16-44)28-21(9-10-25(42)32(28)58-34)29-24(40)14-22-31(30(29)43)45-35(56-19-39-11-7-13-52(39)17-20(41)15-39)46-33(22)51-12-6-8-26-27(18-51)49-53(48-26)37(55)50(4)5/h9-10,14,20H,6-8,11-13,15,17-19H2,1-5H3,(H,47,54)/t20-,39+/m1/s1. The van der Waals surface area contributed by atoms with Crippen LogP contribution in [0.25, 0.3) is 32.1 Å². The first-order valence-electron chi connectivity index (χ1n) is 18.8. The number of carbonyl (C=O) groups excluding carboxylic acids is 2. The number of amides is 2. The molecule has 3 aliphatic heterocycles. The van der Waals surface area contributed by atoms with Crippen molar-refractivity contribution in [3.05, 3.63) is 51.8 Å². The number of nitrogens with zero attached hydrogens (tertiary/aromatic N) is 9. The Morgan fingerprint density at radius 2 is 1.93 bits per heavy atom. The van der Waals surface area contributed by atoms with Crippen LogP contribution in [0.5, 0.6) is 6.01 Å². The van der Waals surface area contributed by atoms with E-state index in [1.165, 1.54) is 17.0 Å². The van der Waals surface area contributed by atoms with Crippen molar-refractivity contribution in [2.45, 2.75) is 76.7 Å². The third kappa shape index (κ3) is 7.13. The number of alkyl halides is 1. The number of rotatable bonds is 6. The van der Waals surface area contributed by atoms with E-state index >= 15 is 8.78 Å². The summed E-state index contributed by atoms with van der Waals surface area (Å²) in [6.07, 6.45) is 1.18. The number of aryl methyl sites for hydroxylation is 1. The lowest BCUT2D eigenvalue weighted by atomic mass is 9.95. The molecule has 2 amide bonds. The van der Waals surface area contributed by atoms with Gasteiger partial charge in [0.2, 0.25) is 0 Å². The lowest BCUT2D eigenvalue weighted by Gasteiger charge is -2.31. The van der Waals surface area contributed by atoms with E-state index < -0.39 is 41.1 Å². The van der Waals surface area contributed by atoms with Crippen molar-refractivity contribution in [2.24, 2.45) is 0 Å². The van der Waals surface area contributed by atoms with E-state index in [1.54, 1.807) is 34.9 Å². The zero-order chi connectivity index (χ0) is 41.3. The lowest BCUT2D eigenvalue weighted by molar-refractivity contribution is 0.0636. The molecule has 304 valence electrons. The molecule has 5 aromatic rings. The number of aromatic nitrogens is 5. The predicted octanol–water partition coefficient (Wildman–Crippen LogP) is 7.69. The van der Waals surface area contributed by atoms with Crippen LogP contribution in [0.3, 0.4) is 0 Å². The molecule has 2 saturated heterocycles. The summed E-state index contributed by atoms with van der Waals surface area (Å²) in [7, 11) is 3.20. The van der Waals surface area contributed by atoms with Gasteiger partial charge in [0.25, 0.3) is 0 Å². The number of hydrogen-bond donors (Lipinski definition) is 1. The van der Waals surface area contributed by atoms with Gasteiger partial charge in [-0.1, -0.05) is 22.5 Å². The van der Waals surface area contributed by atoms with Gasteiger partial charge in [0.1, 0.15) is 52.3 Å². The Kier molecular flexibility index (Phi) is 10.1. The van der Waals surface area contributed by atoms with Crippen LogP contribution >= 0.6 is 22.9 Å². The summed E-state index contributed by atoms with van der Waals surface area (Å²) < 4.78 is 59.3. The number of nitrogens with one attached hydrogen (secondary N) is 1. The zero-order valence-electron chi connectivity index (χ0n) is 32.5. The van der Waals surface area contributed by atoms with Gasteiger partial charge < -0.3 is 19.3 Å². The lowest BCUT2D eigenvalue weighted by Crippen LogP contribution is -2.43. The second-order valence-electron chi connectivity index (χ2n) is 16.1. The topological polar surface area (TPSA) is 155 Å². The fraction of sp³-hybridized carbons (Fsp3) is 0.462. The molecule has 0 bridgehead atoms. The molecular weight excluding hydrogens is 797 g/mol. The van der Waals surface area contributed by atoms with E-state index in [1.807, 2.05) is 11.0 Å². The molecule has 0 saturated carbocycles. The number of ether oxygens (including phenoxy) is 2. The molecule has 3 aromatic heterocycles. The normalized spacial score (nSPS) is 19.5. The first-order chi connectivity index (χ1) is 27.6. The number of benzene rings is 2. The van der Waals surface area contributed by atoms with Crippen molar-refractivity contribution >= 4 is 66.9 Å². The molecule has 19 heteroatoms. The second-order valence-corrected chi connectivity index (χ2v) is 17.5. The fourth-order valence-electron chi connectivity index (χ4n) is 8.16. The zero-order valence-corrected chi connectivity index (χ0v) is 34.0. The second kappa shape index (κ2) is 14.8. The maximum absolute atomic E-state index is 17.5. The quantitative estimate of drug-likeness (QED) is 0.179. The summed E-state index contributed by atoms with van der Waals surface area (Å²) in [4.78, 5) is 41.2. The van der Waals surface area contributed by atoms with E-state index in [-0.39, 0.29) is 72.7 Å². The Bertz CT molecular complexity index is 2540. The molecule has 6 heterocycles. The van der Waals surface area contributed by atoms with Crippen molar-refractivity contribution in [2.75, 3.05) is 50.6 Å². The molecule has 2 aromatic carbocycles. The number of anilines is 2. The summed E-state index contributed by atoms with van der Waals surface area (Å²) >= 11 is 7.79. The van der Waals surface area contributed by atoms with E-state index in [9.17, 15) is 19.2 Å². The van der Waals surface area contributed by atoms with Gasteiger partial charge in [-0.2, -0.15) is 15.2 Å². The molecule has 0 unspecified atom stereocenters. The Hall–Kier alpha value is -5.25. The van der Waals surface area contributed by atoms with Gasteiger partial charge in [-0.3, -0.25) is 10.2 Å². The summed E-state index contributed by atoms with van der Waals surface area (Å²) in [5, 5.41) is 22.0. The highest BCUT2D eigenvalue weighted by atomic mass is 35.5. The predicted molar refractivity (Wildman–Crippen MR) is 212 cm³/mol. The van der Waals surface area contributed by atoms with Gasteiger partial charge in [-0.05, 0) is 70.7 Å². The Morgan fingerprint density at radius 3 is 2.67 bits per heavy atom. The highest BCUT2D eigenvalue weighted by Crippen LogP contribution is 2.47. The Balaban J connectivity index is 1.26. The van der Waals surface area contributed by atoms with E-state index in [2.05, 4.69) is 25.4 Å². The number of halogens is 4. The van der Waals surface area contributed by atoms with Gasteiger partial charge >= 0.3 is 18.1 Å². The molecule has 2 fully saturated rings. The molecular formula is C39H40ClF3N10O4S. The van der Waals surface area contributed by atoms with Crippen LogP contribution in [0.4, 0.5) is 33.6 Å². The van der Waals surface area contributed by atoms with Crippen LogP contribution in [-0.4, -0.2) is 105 Å². The van der Waals surface area contributed by atoms with E-state index in [0.29, 0.717) is 43.7 Å². The van der Waals surface area contributed by atoms with Crippen molar-refractivity contribution in [1.82, 2.24) is 34.8 Å². The fourth-order valence-corrected chi connectivity index (χ4v) is 9.52. The average Bonchev–Trinajstić information content (AvgIpc) is 3.88. The van der Waals surface area contributed by atoms with Crippen LogP contribution < -0.4 is 15.0 Å². The number of nitriles is 1. The van der Waals surface area contributed by atoms with E-state index in [0.717, 1.165) is 41.6 Å². The average molecular weight is 837 g/mol. The maximum atomic E-state index is 17.5. The largest absolute Gasteiger partial charge is 0.461 e. The van der Waals surface area contributed by atoms with Crippen molar-refractivity contribution in [3.8, 4) is 23.2 Å². The monoisotopic (exact) mass is 836 g/mol. The van der Waals surface area contributed by atoms with E-state index in [4.69, 9.17) is 26.1 Å². The summed E-state index contributed by atoms with van der Waals surface area (Å²) in [6, 6.07) is 5.47. The minimum Gasteiger partial charge on any atom is -0.461 e. The third-order valence-corrected chi connectivity index (χ3v) is 12.1. The summed E-state index contributed by atoms with van der Waals surface area (Å²) in [5.74, 6) is -1.29. The molecule has 0 spiro atoms.